The molecule has 1 fully saturated rings. The molecule has 0 unspecified atom stereocenters. The number of piperidine rings is 1. The Morgan fingerprint density at radius 1 is 1.00 bits per heavy atom. The van der Waals surface area contributed by atoms with Crippen LogP contribution in [0.4, 0.5) is 0 Å². The highest BCUT2D eigenvalue weighted by atomic mass is 16.5. The van der Waals surface area contributed by atoms with E-state index in [0.29, 0.717) is 18.2 Å². The van der Waals surface area contributed by atoms with Crippen molar-refractivity contribution in [2.75, 3.05) is 19.7 Å². The number of aromatic nitrogens is 3. The van der Waals surface area contributed by atoms with Crippen LogP contribution in [-0.2, 0) is 24.3 Å². The Hall–Kier alpha value is -2.99. The Bertz CT molecular complexity index is 1020. The molecule has 1 saturated heterocycles. The molecule has 3 aromatic rings. The molecule has 0 saturated carbocycles. The van der Waals surface area contributed by atoms with Gasteiger partial charge in [-0.1, -0.05) is 49.7 Å². The fraction of sp³-hybridized carbons (Fsp3) is 0.483. The topological polar surface area (TPSA) is 60.2 Å². The minimum Gasteiger partial charge on any atom is -0.377 e. The number of aryl methyl sites for hydroxylation is 2. The Morgan fingerprint density at radius 3 is 2.57 bits per heavy atom. The van der Waals surface area contributed by atoms with Crippen molar-refractivity contribution in [2.24, 2.45) is 0 Å². The number of hydrogen-bond donors (Lipinski definition) is 0. The normalized spacial score (nSPS) is 14.4. The van der Waals surface area contributed by atoms with Gasteiger partial charge in [0.25, 0.3) is 5.91 Å². The Kier molecular flexibility index (Phi) is 9.47. The highest BCUT2D eigenvalue weighted by Gasteiger charge is 2.27. The maximum absolute atomic E-state index is 12.9. The summed E-state index contributed by atoms with van der Waals surface area (Å²) >= 11 is 0. The predicted molar refractivity (Wildman–Crippen MR) is 138 cm³/mol. The molecule has 0 radical (unpaired) electrons. The molecule has 6 heteroatoms. The second-order valence-corrected chi connectivity index (χ2v) is 9.45. The quantitative estimate of drug-likeness (QED) is 0.319. The number of ether oxygens (including phenoxy) is 1. The summed E-state index contributed by atoms with van der Waals surface area (Å²) in [7, 11) is 0. The van der Waals surface area contributed by atoms with Gasteiger partial charge in [0.05, 0.1) is 6.61 Å². The second kappa shape index (κ2) is 13.2. The number of nitrogens with zero attached hydrogens (tertiary/aromatic N) is 4. The summed E-state index contributed by atoms with van der Waals surface area (Å²) in [6, 6.07) is 14.2. The standard InChI is InChI=1S/C29H38N4O2/c1-2-3-9-24-12-13-27(31-22-24)29(34)33-18-14-26(15-19-33)28-30-16-20-32(28)17-7-8-21-35-23-25-10-5-4-6-11-25/h4-6,10-13,16,20,22,26H,2-3,7-9,14-15,17-19,21,23H2,1H3. The summed E-state index contributed by atoms with van der Waals surface area (Å²) in [6.07, 6.45) is 13.2. The Labute approximate surface area is 209 Å². The SMILES string of the molecule is CCCCc1ccc(C(=O)N2CCC(c3nccn3CCCCOCc3ccccc3)CC2)nc1. The van der Waals surface area contributed by atoms with Gasteiger partial charge in [-0.3, -0.25) is 9.78 Å². The minimum absolute atomic E-state index is 0.0457. The highest BCUT2D eigenvalue weighted by molar-refractivity contribution is 5.92. The summed E-state index contributed by atoms with van der Waals surface area (Å²) < 4.78 is 8.10. The van der Waals surface area contributed by atoms with Crippen LogP contribution in [0, 0.1) is 0 Å². The maximum Gasteiger partial charge on any atom is 0.272 e. The average Bonchev–Trinajstić information content (AvgIpc) is 3.38. The van der Waals surface area contributed by atoms with Gasteiger partial charge in [0.15, 0.2) is 0 Å². The molecule has 1 aliphatic heterocycles. The first kappa shape index (κ1) is 25.1. The molecule has 0 bridgehead atoms. The number of carbonyl (C=O) groups is 1. The molecule has 6 nitrogen and oxygen atoms in total. The van der Waals surface area contributed by atoms with E-state index in [1.807, 2.05) is 47.6 Å². The smallest absolute Gasteiger partial charge is 0.272 e. The van der Waals surface area contributed by atoms with Gasteiger partial charge in [0, 0.05) is 50.7 Å². The van der Waals surface area contributed by atoms with E-state index in [4.69, 9.17) is 4.74 Å². The molecule has 1 amide bonds. The fourth-order valence-corrected chi connectivity index (χ4v) is 4.70. The van der Waals surface area contributed by atoms with E-state index in [1.165, 1.54) is 11.1 Å². The monoisotopic (exact) mass is 474 g/mol. The van der Waals surface area contributed by atoms with E-state index < -0.39 is 0 Å². The van der Waals surface area contributed by atoms with Crippen LogP contribution in [0.2, 0.25) is 0 Å². The van der Waals surface area contributed by atoms with Crippen molar-refractivity contribution < 1.29 is 9.53 Å². The van der Waals surface area contributed by atoms with Crippen molar-refractivity contribution in [3.8, 4) is 0 Å². The van der Waals surface area contributed by atoms with E-state index >= 15 is 0 Å². The molecule has 3 heterocycles. The fourth-order valence-electron chi connectivity index (χ4n) is 4.70. The van der Waals surface area contributed by atoms with E-state index in [9.17, 15) is 4.79 Å². The maximum atomic E-state index is 12.9. The highest BCUT2D eigenvalue weighted by Crippen LogP contribution is 2.28. The molecular weight excluding hydrogens is 436 g/mol. The van der Waals surface area contributed by atoms with Gasteiger partial charge in [-0.15, -0.1) is 0 Å². The summed E-state index contributed by atoms with van der Waals surface area (Å²) in [5.41, 5.74) is 2.98. The lowest BCUT2D eigenvalue weighted by molar-refractivity contribution is 0.0704. The van der Waals surface area contributed by atoms with Crippen molar-refractivity contribution >= 4 is 5.91 Å². The zero-order chi connectivity index (χ0) is 24.3. The number of hydrogen-bond acceptors (Lipinski definition) is 4. The van der Waals surface area contributed by atoms with E-state index in [2.05, 4.69) is 39.8 Å². The molecule has 2 aromatic heterocycles. The van der Waals surface area contributed by atoms with Crippen molar-refractivity contribution in [1.82, 2.24) is 19.4 Å². The van der Waals surface area contributed by atoms with Gasteiger partial charge in [-0.05, 0) is 55.7 Å². The van der Waals surface area contributed by atoms with Gasteiger partial charge >= 0.3 is 0 Å². The van der Waals surface area contributed by atoms with Gasteiger partial charge in [-0.2, -0.15) is 0 Å². The molecule has 1 aromatic carbocycles. The molecule has 186 valence electrons. The van der Waals surface area contributed by atoms with Gasteiger partial charge < -0.3 is 14.2 Å². The molecule has 4 rings (SSSR count). The zero-order valence-corrected chi connectivity index (χ0v) is 20.9. The number of unbranched alkanes of at least 4 members (excludes halogenated alkanes) is 2. The zero-order valence-electron chi connectivity index (χ0n) is 20.9. The Balaban J connectivity index is 1.19. The Morgan fingerprint density at radius 2 is 1.83 bits per heavy atom. The number of benzene rings is 1. The van der Waals surface area contributed by atoms with Crippen LogP contribution in [0.3, 0.4) is 0 Å². The van der Waals surface area contributed by atoms with Crippen LogP contribution in [0.5, 0.6) is 0 Å². The van der Waals surface area contributed by atoms with Crippen LogP contribution in [0.25, 0.3) is 0 Å². The number of rotatable bonds is 12. The summed E-state index contributed by atoms with van der Waals surface area (Å²) in [5, 5.41) is 0. The van der Waals surface area contributed by atoms with Crippen LogP contribution in [-0.4, -0.2) is 45.0 Å². The minimum atomic E-state index is 0.0457. The lowest BCUT2D eigenvalue weighted by Crippen LogP contribution is -2.38. The molecule has 0 atom stereocenters. The summed E-state index contributed by atoms with van der Waals surface area (Å²) in [4.78, 5) is 24.0. The molecule has 35 heavy (non-hydrogen) atoms. The third kappa shape index (κ3) is 7.25. The van der Waals surface area contributed by atoms with Gasteiger partial charge in [-0.25, -0.2) is 4.98 Å². The predicted octanol–water partition coefficient (Wildman–Crippen LogP) is 5.64. The molecule has 1 aliphatic rings. The van der Waals surface area contributed by atoms with E-state index in [-0.39, 0.29) is 5.91 Å². The number of imidazole rings is 1. The first-order valence-corrected chi connectivity index (χ1v) is 13.1. The van der Waals surface area contributed by atoms with Crippen LogP contribution >= 0.6 is 0 Å². The molecule has 0 N–H and O–H groups in total. The molecule has 0 aliphatic carbocycles. The van der Waals surface area contributed by atoms with Crippen LogP contribution in [0.1, 0.15) is 78.8 Å². The third-order valence-electron chi connectivity index (χ3n) is 6.81. The number of likely N-dealkylation sites (tertiary alicyclic amines) is 1. The van der Waals surface area contributed by atoms with Crippen LogP contribution < -0.4 is 0 Å². The van der Waals surface area contributed by atoms with Crippen LogP contribution in [0.15, 0.2) is 61.1 Å². The van der Waals surface area contributed by atoms with Gasteiger partial charge in [0.2, 0.25) is 0 Å². The second-order valence-electron chi connectivity index (χ2n) is 9.45. The number of pyridine rings is 1. The largest absolute Gasteiger partial charge is 0.377 e. The lowest BCUT2D eigenvalue weighted by atomic mass is 9.95. The number of carbonyl (C=O) groups excluding carboxylic acids is 1. The van der Waals surface area contributed by atoms with Crippen molar-refractivity contribution in [2.45, 2.75) is 70.9 Å². The van der Waals surface area contributed by atoms with Crippen molar-refractivity contribution in [1.29, 1.82) is 0 Å². The lowest BCUT2D eigenvalue weighted by Gasteiger charge is -2.31. The summed E-state index contributed by atoms with van der Waals surface area (Å²) in [5.74, 6) is 1.60. The van der Waals surface area contributed by atoms with Gasteiger partial charge in [0.1, 0.15) is 11.5 Å². The van der Waals surface area contributed by atoms with Crippen molar-refractivity contribution in [3.63, 3.8) is 0 Å². The average molecular weight is 475 g/mol. The first-order valence-electron chi connectivity index (χ1n) is 13.1. The van der Waals surface area contributed by atoms with Crippen molar-refractivity contribution in [3.05, 3.63) is 83.7 Å². The first-order chi connectivity index (χ1) is 17.2. The third-order valence-corrected chi connectivity index (χ3v) is 6.81. The summed E-state index contributed by atoms with van der Waals surface area (Å²) in [6.45, 7) is 6.09. The van der Waals surface area contributed by atoms with E-state index in [0.717, 1.165) is 77.0 Å². The number of amides is 1. The van der Waals surface area contributed by atoms with E-state index in [1.54, 1.807) is 0 Å². The molecular formula is C29H38N4O2. The molecule has 0 spiro atoms.